The fraction of sp³-hybridized carbons (Fsp3) is 0.214. The molecular formula is C14H16N8O. The van der Waals surface area contributed by atoms with Gasteiger partial charge in [-0.2, -0.15) is 10.2 Å². The third-order valence-electron chi connectivity index (χ3n) is 2.94. The van der Waals surface area contributed by atoms with Gasteiger partial charge in [0.15, 0.2) is 0 Å². The van der Waals surface area contributed by atoms with Crippen molar-refractivity contribution in [3.63, 3.8) is 0 Å². The van der Waals surface area contributed by atoms with Crippen LogP contribution in [0.1, 0.15) is 13.3 Å². The third kappa shape index (κ3) is 3.70. The Balaban J connectivity index is 1.60. The minimum absolute atomic E-state index is 0.366. The van der Waals surface area contributed by atoms with Gasteiger partial charge >= 0.3 is 6.03 Å². The Morgan fingerprint density at radius 2 is 1.78 bits per heavy atom. The lowest BCUT2D eigenvalue weighted by atomic mass is 10.5. The second-order valence-electron chi connectivity index (χ2n) is 4.79. The Bertz CT molecular complexity index is 779. The summed E-state index contributed by atoms with van der Waals surface area (Å²) in [6, 6.07) is 1.35. The van der Waals surface area contributed by atoms with Crippen LogP contribution in [0.5, 0.6) is 0 Å². The van der Waals surface area contributed by atoms with E-state index in [1.807, 2.05) is 0 Å². The first kappa shape index (κ1) is 14.7. The van der Waals surface area contributed by atoms with Gasteiger partial charge in [0.1, 0.15) is 0 Å². The average Bonchev–Trinajstić information content (AvgIpc) is 3.18. The summed E-state index contributed by atoms with van der Waals surface area (Å²) in [6.45, 7) is 2.88. The first-order valence-electron chi connectivity index (χ1n) is 7.17. The number of nitrogens with zero attached hydrogens (tertiary/aromatic N) is 6. The van der Waals surface area contributed by atoms with E-state index in [-0.39, 0.29) is 6.03 Å². The van der Waals surface area contributed by atoms with Gasteiger partial charge in [-0.05, 0) is 12.5 Å². The number of nitrogens with one attached hydrogen (secondary N) is 2. The molecule has 0 bridgehead atoms. The number of carbonyl (C=O) groups excluding carboxylic acids is 1. The van der Waals surface area contributed by atoms with Gasteiger partial charge in [0.25, 0.3) is 0 Å². The number of anilines is 2. The summed E-state index contributed by atoms with van der Waals surface area (Å²) >= 11 is 0. The first-order chi connectivity index (χ1) is 11.2. The molecular weight excluding hydrogens is 296 g/mol. The molecule has 0 aliphatic heterocycles. The molecule has 0 atom stereocenters. The topological polar surface area (TPSA) is 103 Å². The molecule has 0 saturated carbocycles. The van der Waals surface area contributed by atoms with Crippen LogP contribution in [0.25, 0.3) is 5.95 Å². The van der Waals surface area contributed by atoms with Crippen LogP contribution in [0, 0.1) is 0 Å². The van der Waals surface area contributed by atoms with Gasteiger partial charge in [-0.15, -0.1) is 0 Å². The summed E-state index contributed by atoms with van der Waals surface area (Å²) in [5.74, 6) is 0.432. The van der Waals surface area contributed by atoms with Crippen molar-refractivity contribution in [3.8, 4) is 5.95 Å². The predicted molar refractivity (Wildman–Crippen MR) is 84.3 cm³/mol. The molecule has 9 heteroatoms. The molecule has 0 fully saturated rings. The van der Waals surface area contributed by atoms with Crippen LogP contribution < -0.4 is 10.6 Å². The van der Waals surface area contributed by atoms with Gasteiger partial charge in [-0.1, -0.05) is 6.92 Å². The van der Waals surface area contributed by atoms with Crippen molar-refractivity contribution >= 4 is 17.4 Å². The molecule has 0 spiro atoms. The van der Waals surface area contributed by atoms with E-state index in [9.17, 15) is 4.79 Å². The van der Waals surface area contributed by atoms with Crippen LogP contribution in [0.3, 0.4) is 0 Å². The molecule has 2 N–H and O–H groups in total. The fourth-order valence-electron chi connectivity index (χ4n) is 1.98. The molecule has 0 aliphatic rings. The summed E-state index contributed by atoms with van der Waals surface area (Å²) in [4.78, 5) is 20.1. The number of aromatic nitrogens is 6. The Hall–Kier alpha value is -3.23. The maximum Gasteiger partial charge on any atom is 0.323 e. The monoisotopic (exact) mass is 312 g/mol. The second kappa shape index (κ2) is 6.69. The van der Waals surface area contributed by atoms with Crippen LogP contribution in [0.2, 0.25) is 0 Å². The average molecular weight is 312 g/mol. The van der Waals surface area contributed by atoms with Gasteiger partial charge in [-0.3, -0.25) is 4.68 Å². The molecule has 0 aliphatic carbocycles. The highest BCUT2D eigenvalue weighted by Gasteiger charge is 2.08. The molecule has 2 amide bonds. The number of rotatable bonds is 5. The third-order valence-corrected chi connectivity index (χ3v) is 2.94. The molecule has 3 rings (SSSR count). The van der Waals surface area contributed by atoms with Crippen LogP contribution in [0.15, 0.2) is 43.2 Å². The zero-order valence-corrected chi connectivity index (χ0v) is 12.5. The lowest BCUT2D eigenvalue weighted by Gasteiger charge is -2.03. The summed E-state index contributed by atoms with van der Waals surface area (Å²) < 4.78 is 3.26. The lowest BCUT2D eigenvalue weighted by Crippen LogP contribution is -2.18. The highest BCUT2D eigenvalue weighted by molar-refractivity contribution is 5.99. The minimum Gasteiger partial charge on any atom is -0.305 e. The molecule has 118 valence electrons. The molecule has 3 aromatic heterocycles. The minimum atomic E-state index is -0.366. The normalized spacial score (nSPS) is 10.5. The highest BCUT2D eigenvalue weighted by Crippen LogP contribution is 2.10. The van der Waals surface area contributed by atoms with E-state index in [0.29, 0.717) is 17.3 Å². The Kier molecular flexibility index (Phi) is 4.27. The molecule has 9 nitrogen and oxygen atoms in total. The van der Waals surface area contributed by atoms with Gasteiger partial charge in [0.2, 0.25) is 5.95 Å². The number of amides is 2. The van der Waals surface area contributed by atoms with Crippen molar-refractivity contribution in [2.75, 3.05) is 10.6 Å². The Morgan fingerprint density at radius 1 is 1.09 bits per heavy atom. The largest absolute Gasteiger partial charge is 0.323 e. The number of hydrogen-bond donors (Lipinski definition) is 2. The predicted octanol–water partition coefficient (Wildman–Crippen LogP) is 1.91. The van der Waals surface area contributed by atoms with Crippen molar-refractivity contribution in [2.24, 2.45) is 0 Å². The second-order valence-corrected chi connectivity index (χ2v) is 4.79. The van der Waals surface area contributed by atoms with Crippen molar-refractivity contribution < 1.29 is 4.79 Å². The zero-order chi connectivity index (χ0) is 16.1. The van der Waals surface area contributed by atoms with Crippen LogP contribution in [-0.2, 0) is 6.54 Å². The van der Waals surface area contributed by atoms with E-state index in [1.54, 1.807) is 41.7 Å². The first-order valence-corrected chi connectivity index (χ1v) is 7.17. The number of aryl methyl sites for hydroxylation is 1. The molecule has 0 unspecified atom stereocenters. The van der Waals surface area contributed by atoms with Crippen molar-refractivity contribution in [1.82, 2.24) is 29.5 Å². The number of carbonyl (C=O) groups is 1. The lowest BCUT2D eigenvalue weighted by molar-refractivity contribution is 0.262. The van der Waals surface area contributed by atoms with E-state index in [4.69, 9.17) is 0 Å². The Labute approximate surface area is 132 Å². The Morgan fingerprint density at radius 3 is 2.52 bits per heavy atom. The maximum atomic E-state index is 12.0. The van der Waals surface area contributed by atoms with Crippen LogP contribution >= 0.6 is 0 Å². The van der Waals surface area contributed by atoms with Crippen LogP contribution in [0.4, 0.5) is 16.2 Å². The summed E-state index contributed by atoms with van der Waals surface area (Å²) in [5, 5.41) is 13.7. The van der Waals surface area contributed by atoms with Crippen molar-refractivity contribution in [3.05, 3.63) is 43.2 Å². The summed E-state index contributed by atoms with van der Waals surface area (Å²) in [5.41, 5.74) is 1.17. The van der Waals surface area contributed by atoms with E-state index < -0.39 is 0 Å². The van der Waals surface area contributed by atoms with E-state index in [0.717, 1.165) is 13.0 Å². The van der Waals surface area contributed by atoms with E-state index in [1.165, 1.54) is 10.9 Å². The highest BCUT2D eigenvalue weighted by atomic mass is 16.2. The van der Waals surface area contributed by atoms with Gasteiger partial charge in [-0.25, -0.2) is 19.4 Å². The zero-order valence-electron chi connectivity index (χ0n) is 12.5. The number of hydrogen-bond acceptors (Lipinski definition) is 5. The molecule has 23 heavy (non-hydrogen) atoms. The molecule has 0 aromatic carbocycles. The smallest absolute Gasteiger partial charge is 0.305 e. The van der Waals surface area contributed by atoms with Crippen molar-refractivity contribution in [1.29, 1.82) is 0 Å². The standard InChI is InChI=1S/C14H16N8O/c1-2-6-21-9-11(7-17-21)19-14(23)20-12-8-18-22(10-12)13-15-4-3-5-16-13/h3-5,7-10H,2,6H2,1H3,(H2,19,20,23). The van der Waals surface area contributed by atoms with Crippen molar-refractivity contribution in [2.45, 2.75) is 19.9 Å². The number of urea groups is 1. The van der Waals surface area contributed by atoms with Gasteiger partial charge in [0.05, 0.1) is 30.0 Å². The van der Waals surface area contributed by atoms with Gasteiger partial charge in [0, 0.05) is 25.1 Å². The van der Waals surface area contributed by atoms with Gasteiger partial charge < -0.3 is 10.6 Å². The van der Waals surface area contributed by atoms with Crippen LogP contribution in [-0.4, -0.2) is 35.6 Å². The quantitative estimate of drug-likeness (QED) is 0.749. The molecule has 3 aromatic rings. The SMILES string of the molecule is CCCn1cc(NC(=O)Nc2cnn(-c3ncccn3)c2)cn1. The fourth-order valence-corrected chi connectivity index (χ4v) is 1.98. The summed E-state index contributed by atoms with van der Waals surface area (Å²) in [7, 11) is 0. The summed E-state index contributed by atoms with van der Waals surface area (Å²) in [6.07, 6.45) is 10.8. The molecule has 3 heterocycles. The molecule has 0 saturated heterocycles. The van der Waals surface area contributed by atoms with E-state index in [2.05, 4.69) is 37.7 Å². The molecule has 0 radical (unpaired) electrons. The van der Waals surface area contributed by atoms with E-state index >= 15 is 0 Å². The maximum absolute atomic E-state index is 12.0.